The predicted octanol–water partition coefficient (Wildman–Crippen LogP) is 3.16. The molecule has 1 aromatic rings. The Morgan fingerprint density at radius 2 is 2.14 bits per heavy atom. The third-order valence-electron chi connectivity index (χ3n) is 1.61. The summed E-state index contributed by atoms with van der Waals surface area (Å²) < 4.78 is 0.784. The summed E-state index contributed by atoms with van der Waals surface area (Å²) in [7, 11) is 0. The van der Waals surface area contributed by atoms with Crippen molar-refractivity contribution in [1.29, 1.82) is 0 Å². The summed E-state index contributed by atoms with van der Waals surface area (Å²) in [6.45, 7) is 1.42. The number of Topliss-reactive ketones (excluding diaryl/α,β-unsaturated/α-hetero) is 1. The molecule has 74 valence electrons. The molecule has 0 aliphatic rings. The second kappa shape index (κ2) is 4.35. The van der Waals surface area contributed by atoms with Crippen LogP contribution in [0.25, 0.3) is 0 Å². The van der Waals surface area contributed by atoms with E-state index in [2.05, 4.69) is 15.9 Å². The molecule has 0 radical (unpaired) electrons. The summed E-state index contributed by atoms with van der Waals surface area (Å²) >= 11 is 4.90. The van der Waals surface area contributed by atoms with Gasteiger partial charge in [0.15, 0.2) is 5.78 Å². The Morgan fingerprint density at radius 3 is 2.50 bits per heavy atom. The third kappa shape index (κ3) is 2.30. The maximum atomic E-state index is 11.0. The zero-order valence-electron chi connectivity index (χ0n) is 7.08. The zero-order chi connectivity index (χ0) is 10.9. The molecule has 0 aliphatic carbocycles. The van der Waals surface area contributed by atoms with Crippen molar-refractivity contribution in [3.8, 4) is 0 Å². The number of nitro benzene ring substituents is 1. The molecule has 0 unspecified atom stereocenters. The molecular weight excluding hydrogens is 365 g/mol. The highest BCUT2D eigenvalue weighted by atomic mass is 127. The lowest BCUT2D eigenvalue weighted by atomic mass is 10.1. The van der Waals surface area contributed by atoms with E-state index < -0.39 is 4.92 Å². The van der Waals surface area contributed by atoms with Crippen LogP contribution in [0.2, 0.25) is 0 Å². The van der Waals surface area contributed by atoms with Crippen molar-refractivity contribution >= 4 is 50.0 Å². The molecule has 0 heterocycles. The molecule has 0 aromatic heterocycles. The molecular formula is C8H5BrINO3. The molecule has 0 aliphatic heterocycles. The van der Waals surface area contributed by atoms with Gasteiger partial charge in [-0.2, -0.15) is 0 Å². The molecule has 0 bridgehead atoms. The summed E-state index contributed by atoms with van der Waals surface area (Å²) in [6.07, 6.45) is 0. The SMILES string of the molecule is CC(=O)c1cc(Br)c([N+](=O)[O-])c(I)c1. The number of halogens is 2. The minimum Gasteiger partial charge on any atom is -0.295 e. The lowest BCUT2D eigenvalue weighted by Crippen LogP contribution is -1.98. The van der Waals surface area contributed by atoms with Gasteiger partial charge in [0.25, 0.3) is 5.69 Å². The van der Waals surface area contributed by atoms with E-state index in [0.717, 1.165) is 0 Å². The van der Waals surface area contributed by atoms with E-state index in [-0.39, 0.29) is 11.5 Å². The highest BCUT2D eigenvalue weighted by Gasteiger charge is 2.18. The van der Waals surface area contributed by atoms with E-state index in [4.69, 9.17) is 0 Å². The normalized spacial score (nSPS) is 9.93. The second-order valence-corrected chi connectivity index (χ2v) is 4.62. The number of nitro groups is 1. The molecule has 4 nitrogen and oxygen atoms in total. The Kier molecular flexibility index (Phi) is 3.59. The van der Waals surface area contributed by atoms with Crippen molar-refractivity contribution in [3.05, 3.63) is 35.9 Å². The van der Waals surface area contributed by atoms with Crippen LogP contribution in [0.1, 0.15) is 17.3 Å². The van der Waals surface area contributed by atoms with Crippen molar-refractivity contribution in [3.63, 3.8) is 0 Å². The second-order valence-electron chi connectivity index (χ2n) is 2.60. The molecule has 0 atom stereocenters. The van der Waals surface area contributed by atoms with Crippen LogP contribution < -0.4 is 0 Å². The zero-order valence-corrected chi connectivity index (χ0v) is 10.8. The van der Waals surface area contributed by atoms with E-state index >= 15 is 0 Å². The first-order valence-electron chi connectivity index (χ1n) is 3.58. The van der Waals surface area contributed by atoms with Gasteiger partial charge in [0.1, 0.15) is 0 Å². The number of carbonyl (C=O) groups is 1. The first-order valence-corrected chi connectivity index (χ1v) is 5.45. The van der Waals surface area contributed by atoms with Gasteiger partial charge in [0.2, 0.25) is 0 Å². The van der Waals surface area contributed by atoms with Gasteiger partial charge in [0.05, 0.1) is 13.0 Å². The number of hydrogen-bond donors (Lipinski definition) is 0. The average molecular weight is 370 g/mol. The van der Waals surface area contributed by atoms with Crippen LogP contribution in [0.3, 0.4) is 0 Å². The summed E-state index contributed by atoms with van der Waals surface area (Å²) in [4.78, 5) is 21.2. The van der Waals surface area contributed by atoms with Crippen molar-refractivity contribution in [1.82, 2.24) is 0 Å². The van der Waals surface area contributed by atoms with Crippen LogP contribution in [0.4, 0.5) is 5.69 Å². The van der Waals surface area contributed by atoms with Gasteiger partial charge < -0.3 is 0 Å². The number of hydrogen-bond acceptors (Lipinski definition) is 3. The highest BCUT2D eigenvalue weighted by Crippen LogP contribution is 2.31. The topological polar surface area (TPSA) is 60.2 Å². The maximum Gasteiger partial charge on any atom is 0.296 e. The summed E-state index contributed by atoms with van der Waals surface area (Å²) in [5.74, 6) is -0.112. The van der Waals surface area contributed by atoms with Crippen LogP contribution in [0.15, 0.2) is 16.6 Å². The fraction of sp³-hybridized carbons (Fsp3) is 0.125. The average Bonchev–Trinajstić information content (AvgIpc) is 2.01. The van der Waals surface area contributed by atoms with Crippen molar-refractivity contribution in [2.45, 2.75) is 6.92 Å². The van der Waals surface area contributed by atoms with Crippen LogP contribution >= 0.6 is 38.5 Å². The molecule has 6 heteroatoms. The Bertz CT molecular complexity index is 396. The lowest BCUT2D eigenvalue weighted by molar-refractivity contribution is -0.386. The number of nitrogens with zero attached hydrogens (tertiary/aromatic N) is 1. The Hall–Kier alpha value is -0.500. The van der Waals surface area contributed by atoms with Gasteiger partial charge in [-0.1, -0.05) is 0 Å². The standard InChI is InChI=1S/C8H5BrINO3/c1-4(12)5-2-6(9)8(11(13)14)7(10)3-5/h2-3H,1H3. The minimum atomic E-state index is -0.476. The number of benzene rings is 1. The fourth-order valence-electron chi connectivity index (χ4n) is 0.943. The number of carbonyl (C=O) groups excluding carboxylic acids is 1. The molecule has 0 saturated carbocycles. The molecule has 0 N–H and O–H groups in total. The van der Waals surface area contributed by atoms with Crippen molar-refractivity contribution < 1.29 is 9.72 Å². The predicted molar refractivity (Wildman–Crippen MR) is 63.5 cm³/mol. The largest absolute Gasteiger partial charge is 0.296 e. The van der Waals surface area contributed by atoms with E-state index in [1.54, 1.807) is 0 Å². The van der Waals surface area contributed by atoms with Crippen LogP contribution in [0, 0.1) is 13.7 Å². The summed E-state index contributed by atoms with van der Waals surface area (Å²) in [5, 5.41) is 10.6. The van der Waals surface area contributed by atoms with Crippen molar-refractivity contribution in [2.24, 2.45) is 0 Å². The molecule has 1 rings (SSSR count). The quantitative estimate of drug-likeness (QED) is 0.348. The molecule has 0 fully saturated rings. The van der Waals surface area contributed by atoms with Crippen LogP contribution in [-0.2, 0) is 0 Å². The fourth-order valence-corrected chi connectivity index (χ4v) is 2.74. The Labute approximate surface area is 102 Å². The Balaban J connectivity index is 3.39. The lowest BCUT2D eigenvalue weighted by Gasteiger charge is -2.01. The summed E-state index contributed by atoms with van der Waals surface area (Å²) in [6, 6.07) is 2.97. The van der Waals surface area contributed by atoms with Gasteiger partial charge in [0, 0.05) is 5.56 Å². The number of ketones is 1. The van der Waals surface area contributed by atoms with Crippen LogP contribution in [-0.4, -0.2) is 10.7 Å². The Morgan fingerprint density at radius 1 is 1.57 bits per heavy atom. The first-order chi connectivity index (χ1) is 6.43. The first kappa shape index (κ1) is 11.6. The molecule has 0 spiro atoms. The maximum absolute atomic E-state index is 11.0. The molecule has 14 heavy (non-hydrogen) atoms. The van der Waals surface area contributed by atoms with Gasteiger partial charge in [-0.3, -0.25) is 14.9 Å². The number of rotatable bonds is 2. The van der Waals surface area contributed by atoms with Gasteiger partial charge in [-0.05, 0) is 57.6 Å². The van der Waals surface area contributed by atoms with Gasteiger partial charge in [-0.25, -0.2) is 0 Å². The van der Waals surface area contributed by atoms with Crippen LogP contribution in [0.5, 0.6) is 0 Å². The van der Waals surface area contributed by atoms with E-state index in [9.17, 15) is 14.9 Å². The molecule has 1 aromatic carbocycles. The minimum absolute atomic E-state index is 0.00407. The van der Waals surface area contributed by atoms with Gasteiger partial charge in [-0.15, -0.1) is 0 Å². The van der Waals surface area contributed by atoms with E-state index in [1.165, 1.54) is 19.1 Å². The molecule has 0 amide bonds. The van der Waals surface area contributed by atoms with Crippen molar-refractivity contribution in [2.75, 3.05) is 0 Å². The van der Waals surface area contributed by atoms with E-state index in [1.807, 2.05) is 22.6 Å². The summed E-state index contributed by atoms with van der Waals surface area (Å²) in [5.41, 5.74) is 0.461. The molecule has 0 saturated heterocycles. The van der Waals surface area contributed by atoms with E-state index in [0.29, 0.717) is 13.6 Å². The monoisotopic (exact) mass is 369 g/mol. The smallest absolute Gasteiger partial charge is 0.295 e. The van der Waals surface area contributed by atoms with Gasteiger partial charge >= 0.3 is 0 Å². The third-order valence-corrected chi connectivity index (χ3v) is 3.03. The highest BCUT2D eigenvalue weighted by molar-refractivity contribution is 14.1.